The number of piperidine rings is 1. The second-order valence-corrected chi connectivity index (χ2v) is 11.3. The first-order chi connectivity index (χ1) is 13.1. The molecule has 0 atom stereocenters. The Balaban J connectivity index is 2.06. The third-order valence-corrected chi connectivity index (χ3v) is 8.36. The monoisotopic (exact) mass is 419 g/mol. The maximum absolute atomic E-state index is 13.5. The summed E-state index contributed by atoms with van der Waals surface area (Å²) in [4.78, 5) is 13.0. The van der Waals surface area contributed by atoms with Gasteiger partial charge in [-0.15, -0.1) is 0 Å². The number of aliphatic hydroxyl groups is 1. The fraction of sp³-hybridized carbons (Fsp3) is 0.950. The minimum absolute atomic E-state index is 0.144. The van der Waals surface area contributed by atoms with Crippen LogP contribution in [0.1, 0.15) is 72.1 Å². The third-order valence-electron chi connectivity index (χ3n) is 5.75. The number of unbranched alkanes of at least 4 members (excludes halogenated alkanes) is 2. The minimum Gasteiger partial charge on any atom is -0.459 e. The largest absolute Gasteiger partial charge is 0.459 e. The van der Waals surface area contributed by atoms with E-state index in [0.29, 0.717) is 19.0 Å². The summed E-state index contributed by atoms with van der Waals surface area (Å²) in [5.41, 5.74) is -0.737. The number of carbonyl (C=O) groups is 1. The van der Waals surface area contributed by atoms with Crippen molar-refractivity contribution in [3.63, 3.8) is 0 Å². The molecule has 0 spiro atoms. The molecule has 0 amide bonds. The van der Waals surface area contributed by atoms with Crippen molar-refractivity contribution >= 4 is 16.0 Å². The van der Waals surface area contributed by atoms with Gasteiger partial charge in [-0.3, -0.25) is 4.79 Å². The second-order valence-electron chi connectivity index (χ2n) is 9.03. The number of nitrogens with zero attached hydrogens (tertiary/aromatic N) is 1. The van der Waals surface area contributed by atoms with Gasteiger partial charge in [0.1, 0.15) is 5.60 Å². The number of hydrogen-bond donors (Lipinski definition) is 1. The van der Waals surface area contributed by atoms with Gasteiger partial charge in [0.15, 0.2) is 4.75 Å². The highest BCUT2D eigenvalue weighted by atomic mass is 32.2. The van der Waals surface area contributed by atoms with E-state index in [2.05, 4.69) is 0 Å². The van der Waals surface area contributed by atoms with Gasteiger partial charge in [0.25, 0.3) is 0 Å². The standard InChI is InChI=1S/C20H37NO6S/c1-19(2,3)27-18(23)20(10-15-26-16-11-20)28(24,25)21-12-8-17(9-13-21)7-5-4-6-14-22/h17,22H,4-16H2,1-3H3. The molecule has 28 heavy (non-hydrogen) atoms. The lowest BCUT2D eigenvalue weighted by Crippen LogP contribution is -2.59. The Bertz CT molecular complexity index is 599. The third kappa shape index (κ3) is 5.68. The summed E-state index contributed by atoms with van der Waals surface area (Å²) >= 11 is 0. The van der Waals surface area contributed by atoms with Crippen molar-refractivity contribution in [2.24, 2.45) is 5.92 Å². The van der Waals surface area contributed by atoms with E-state index in [4.69, 9.17) is 14.6 Å². The normalized spacial score (nSPS) is 22.1. The Morgan fingerprint density at radius 1 is 1.14 bits per heavy atom. The first kappa shape index (κ1) is 23.6. The maximum atomic E-state index is 13.5. The minimum atomic E-state index is -3.83. The first-order valence-electron chi connectivity index (χ1n) is 10.5. The van der Waals surface area contributed by atoms with Crippen LogP contribution in [0.3, 0.4) is 0 Å². The lowest BCUT2D eigenvalue weighted by molar-refractivity contribution is -0.161. The molecule has 7 nitrogen and oxygen atoms in total. The van der Waals surface area contributed by atoms with Crippen LogP contribution >= 0.6 is 0 Å². The van der Waals surface area contributed by atoms with E-state index in [9.17, 15) is 13.2 Å². The van der Waals surface area contributed by atoms with Gasteiger partial charge in [-0.2, -0.15) is 0 Å². The van der Waals surface area contributed by atoms with E-state index in [-0.39, 0.29) is 32.7 Å². The van der Waals surface area contributed by atoms with Crippen molar-refractivity contribution in [2.45, 2.75) is 82.5 Å². The van der Waals surface area contributed by atoms with Gasteiger partial charge in [-0.05, 0) is 46.0 Å². The number of carbonyl (C=O) groups excluding carboxylic acids is 1. The van der Waals surface area contributed by atoms with Gasteiger partial charge in [-0.25, -0.2) is 12.7 Å². The smallest absolute Gasteiger partial charge is 0.329 e. The van der Waals surface area contributed by atoms with Crippen LogP contribution in [0, 0.1) is 5.92 Å². The number of sulfonamides is 1. The molecule has 0 aromatic heterocycles. The van der Waals surface area contributed by atoms with E-state index in [1.807, 2.05) is 0 Å². The van der Waals surface area contributed by atoms with Gasteiger partial charge in [0.2, 0.25) is 10.0 Å². The molecule has 2 fully saturated rings. The number of rotatable bonds is 8. The Morgan fingerprint density at radius 2 is 1.75 bits per heavy atom. The van der Waals surface area contributed by atoms with E-state index in [1.54, 1.807) is 20.8 Å². The highest BCUT2D eigenvalue weighted by Crippen LogP contribution is 2.37. The molecule has 164 valence electrons. The van der Waals surface area contributed by atoms with Gasteiger partial charge in [-0.1, -0.05) is 19.3 Å². The van der Waals surface area contributed by atoms with Crippen LogP contribution in [0.4, 0.5) is 0 Å². The molecule has 0 unspecified atom stereocenters. The molecule has 0 aliphatic carbocycles. The maximum Gasteiger partial charge on any atom is 0.329 e. The van der Waals surface area contributed by atoms with Crippen molar-refractivity contribution in [2.75, 3.05) is 32.9 Å². The first-order valence-corrected chi connectivity index (χ1v) is 12.0. The Hall–Kier alpha value is -0.700. The topological polar surface area (TPSA) is 93.1 Å². The van der Waals surface area contributed by atoms with Gasteiger partial charge >= 0.3 is 5.97 Å². The molecule has 2 aliphatic rings. The van der Waals surface area contributed by atoms with Crippen LogP contribution in [0.25, 0.3) is 0 Å². The van der Waals surface area contributed by atoms with Crippen LogP contribution in [0.15, 0.2) is 0 Å². The van der Waals surface area contributed by atoms with Crippen molar-refractivity contribution in [3.05, 3.63) is 0 Å². The summed E-state index contributed by atoms with van der Waals surface area (Å²) in [6.45, 7) is 6.91. The van der Waals surface area contributed by atoms with Crippen LogP contribution in [-0.2, 0) is 24.3 Å². The van der Waals surface area contributed by atoms with Crippen molar-refractivity contribution in [3.8, 4) is 0 Å². The molecule has 2 heterocycles. The molecule has 0 bridgehead atoms. The zero-order valence-corrected chi connectivity index (χ0v) is 18.4. The van der Waals surface area contributed by atoms with Crippen molar-refractivity contribution in [1.29, 1.82) is 0 Å². The Kier molecular flexibility index (Phi) is 8.31. The predicted molar refractivity (Wildman–Crippen MR) is 107 cm³/mol. The molecule has 1 N–H and O–H groups in total. The summed E-state index contributed by atoms with van der Waals surface area (Å²) in [5.74, 6) is -0.133. The molecule has 0 saturated carbocycles. The van der Waals surface area contributed by atoms with E-state index in [0.717, 1.165) is 38.5 Å². The average molecular weight is 420 g/mol. The number of hydrogen-bond acceptors (Lipinski definition) is 6. The van der Waals surface area contributed by atoms with Crippen LogP contribution in [0.2, 0.25) is 0 Å². The number of aliphatic hydroxyl groups excluding tert-OH is 1. The highest BCUT2D eigenvalue weighted by Gasteiger charge is 2.56. The highest BCUT2D eigenvalue weighted by molar-refractivity contribution is 7.91. The zero-order chi connectivity index (χ0) is 20.8. The summed E-state index contributed by atoms with van der Waals surface area (Å²) in [6, 6.07) is 0. The SMILES string of the molecule is CC(C)(C)OC(=O)C1(S(=O)(=O)N2CCC(CCCCCO)CC2)CCOCC1. The lowest BCUT2D eigenvalue weighted by Gasteiger charge is -2.41. The lowest BCUT2D eigenvalue weighted by atomic mass is 9.92. The average Bonchev–Trinajstić information content (AvgIpc) is 2.64. The molecule has 2 aliphatic heterocycles. The molecular weight excluding hydrogens is 382 g/mol. The fourth-order valence-corrected chi connectivity index (χ4v) is 6.17. The predicted octanol–water partition coefficient (Wildman–Crippen LogP) is 2.47. The van der Waals surface area contributed by atoms with Crippen molar-refractivity contribution < 1.29 is 27.8 Å². The van der Waals surface area contributed by atoms with Crippen molar-refractivity contribution in [1.82, 2.24) is 4.31 Å². The van der Waals surface area contributed by atoms with Gasteiger partial charge < -0.3 is 14.6 Å². The number of esters is 1. The molecule has 0 aromatic carbocycles. The van der Waals surface area contributed by atoms with E-state index in [1.165, 1.54) is 4.31 Å². The molecule has 0 aromatic rings. The van der Waals surface area contributed by atoms with Crippen LogP contribution < -0.4 is 0 Å². The second kappa shape index (κ2) is 9.87. The molecule has 2 saturated heterocycles. The van der Waals surface area contributed by atoms with Gasteiger partial charge in [0.05, 0.1) is 0 Å². The molecule has 8 heteroatoms. The molecule has 0 radical (unpaired) electrons. The number of ether oxygens (including phenoxy) is 2. The fourth-order valence-electron chi connectivity index (χ4n) is 4.05. The molecule has 2 rings (SSSR count). The van der Waals surface area contributed by atoms with E-state index < -0.39 is 26.3 Å². The summed E-state index contributed by atoms with van der Waals surface area (Å²) in [5, 5.41) is 8.87. The van der Waals surface area contributed by atoms with Crippen LogP contribution in [-0.4, -0.2) is 67.1 Å². The summed E-state index contributed by atoms with van der Waals surface area (Å²) in [6.07, 6.45) is 5.90. The summed E-state index contributed by atoms with van der Waals surface area (Å²) < 4.78 is 37.9. The zero-order valence-electron chi connectivity index (χ0n) is 17.6. The molecular formula is C20H37NO6S. The summed E-state index contributed by atoms with van der Waals surface area (Å²) in [7, 11) is -3.83. The van der Waals surface area contributed by atoms with Gasteiger partial charge in [0, 0.05) is 45.8 Å². The van der Waals surface area contributed by atoms with E-state index >= 15 is 0 Å². The Morgan fingerprint density at radius 3 is 2.29 bits per heavy atom. The van der Waals surface area contributed by atoms with Crippen LogP contribution in [0.5, 0.6) is 0 Å². The quantitative estimate of drug-likeness (QED) is 0.480. The Labute approximate surface area is 169 Å².